The molecule has 0 fully saturated rings. The molecule has 4 heteroatoms. The molecule has 0 bridgehead atoms. The van der Waals surface area contributed by atoms with Gasteiger partial charge in [0.1, 0.15) is 5.69 Å². The van der Waals surface area contributed by atoms with Crippen molar-refractivity contribution in [1.29, 1.82) is 0 Å². The van der Waals surface area contributed by atoms with Gasteiger partial charge in [0.15, 0.2) is 0 Å². The Morgan fingerprint density at radius 3 is 2.67 bits per heavy atom. The quantitative estimate of drug-likeness (QED) is 0.854. The van der Waals surface area contributed by atoms with Gasteiger partial charge in [0, 0.05) is 17.9 Å². The first-order valence-electron chi connectivity index (χ1n) is 7.27. The molecule has 0 saturated heterocycles. The predicted octanol–water partition coefficient (Wildman–Crippen LogP) is 3.39. The number of amides is 1. The van der Waals surface area contributed by atoms with E-state index < -0.39 is 0 Å². The highest BCUT2D eigenvalue weighted by atomic mass is 16.1. The third-order valence-electron chi connectivity index (χ3n) is 3.27. The fraction of sp³-hybridized carbons (Fsp3) is 0.294. The summed E-state index contributed by atoms with van der Waals surface area (Å²) in [7, 11) is 0. The van der Waals surface area contributed by atoms with Gasteiger partial charge in [-0.15, -0.1) is 0 Å². The molecule has 2 rings (SSSR count). The van der Waals surface area contributed by atoms with Crippen molar-refractivity contribution in [2.24, 2.45) is 0 Å². The highest BCUT2D eigenvalue weighted by molar-refractivity contribution is 6.03. The number of rotatable bonds is 6. The molecule has 0 aliphatic carbocycles. The number of carbonyl (C=O) groups excluding carboxylic acids is 1. The molecule has 1 atom stereocenters. The number of pyridine rings is 1. The van der Waals surface area contributed by atoms with Gasteiger partial charge in [-0.2, -0.15) is 0 Å². The van der Waals surface area contributed by atoms with Crippen LogP contribution in [-0.2, 0) is 0 Å². The molecular weight excluding hydrogens is 262 g/mol. The molecule has 1 unspecified atom stereocenters. The Kier molecular flexibility index (Phi) is 5.46. The van der Waals surface area contributed by atoms with E-state index in [4.69, 9.17) is 0 Å². The van der Waals surface area contributed by atoms with Gasteiger partial charge in [0.05, 0.1) is 0 Å². The Morgan fingerprint density at radius 2 is 1.95 bits per heavy atom. The van der Waals surface area contributed by atoms with E-state index in [1.165, 1.54) is 0 Å². The van der Waals surface area contributed by atoms with Crippen molar-refractivity contribution in [3.05, 3.63) is 59.9 Å². The van der Waals surface area contributed by atoms with Crippen molar-refractivity contribution >= 4 is 11.6 Å². The zero-order valence-electron chi connectivity index (χ0n) is 12.5. The summed E-state index contributed by atoms with van der Waals surface area (Å²) < 4.78 is 0. The van der Waals surface area contributed by atoms with Gasteiger partial charge in [-0.05, 0) is 43.7 Å². The smallest absolute Gasteiger partial charge is 0.274 e. The summed E-state index contributed by atoms with van der Waals surface area (Å²) in [6.07, 6.45) is 2.69. The van der Waals surface area contributed by atoms with Crippen molar-refractivity contribution in [3.63, 3.8) is 0 Å². The summed E-state index contributed by atoms with van der Waals surface area (Å²) in [5.41, 5.74) is 2.32. The highest BCUT2D eigenvalue weighted by Crippen LogP contribution is 2.22. The number of nitrogens with zero attached hydrogens (tertiary/aromatic N) is 1. The van der Waals surface area contributed by atoms with Crippen molar-refractivity contribution in [1.82, 2.24) is 10.3 Å². The van der Waals surface area contributed by atoms with E-state index in [1.54, 1.807) is 24.4 Å². The number of carbonyl (C=O) groups is 1. The standard InChI is InChI=1S/C17H21N3O/c1-3-11-18-13(2)14-8-4-5-9-15(14)20-17(21)16-10-6-7-12-19-16/h4-10,12-13,18H,3,11H2,1-2H3,(H,20,21). The van der Waals surface area contributed by atoms with Crippen molar-refractivity contribution in [2.45, 2.75) is 26.3 Å². The van der Waals surface area contributed by atoms with Crippen LogP contribution in [0.4, 0.5) is 5.69 Å². The fourth-order valence-corrected chi connectivity index (χ4v) is 2.14. The average molecular weight is 283 g/mol. The van der Waals surface area contributed by atoms with Crippen molar-refractivity contribution in [3.8, 4) is 0 Å². The minimum absolute atomic E-state index is 0.185. The molecule has 21 heavy (non-hydrogen) atoms. The van der Waals surface area contributed by atoms with Crippen LogP contribution in [0.25, 0.3) is 0 Å². The van der Waals surface area contributed by atoms with Gasteiger partial charge in [-0.3, -0.25) is 9.78 Å². The number of para-hydroxylation sites is 1. The molecule has 0 aliphatic rings. The minimum atomic E-state index is -0.189. The molecule has 0 saturated carbocycles. The van der Waals surface area contributed by atoms with Gasteiger partial charge < -0.3 is 10.6 Å². The lowest BCUT2D eigenvalue weighted by Crippen LogP contribution is -2.22. The maximum Gasteiger partial charge on any atom is 0.274 e. The summed E-state index contributed by atoms with van der Waals surface area (Å²) in [6, 6.07) is 13.3. The first-order chi connectivity index (χ1) is 10.2. The molecule has 110 valence electrons. The van der Waals surface area contributed by atoms with E-state index in [0.717, 1.165) is 24.2 Å². The highest BCUT2D eigenvalue weighted by Gasteiger charge is 2.13. The summed E-state index contributed by atoms with van der Waals surface area (Å²) in [5, 5.41) is 6.38. The van der Waals surface area contributed by atoms with Crippen LogP contribution in [0.2, 0.25) is 0 Å². The third kappa shape index (κ3) is 4.13. The molecule has 0 radical (unpaired) electrons. The summed E-state index contributed by atoms with van der Waals surface area (Å²) in [4.78, 5) is 16.3. The van der Waals surface area contributed by atoms with Crippen LogP contribution in [-0.4, -0.2) is 17.4 Å². The van der Waals surface area contributed by atoms with Gasteiger partial charge in [0.2, 0.25) is 0 Å². The number of anilines is 1. The SMILES string of the molecule is CCCNC(C)c1ccccc1NC(=O)c1ccccn1. The Bertz CT molecular complexity index is 584. The zero-order chi connectivity index (χ0) is 15.1. The first kappa shape index (κ1) is 15.2. The predicted molar refractivity (Wildman–Crippen MR) is 85.3 cm³/mol. The van der Waals surface area contributed by atoms with Crippen LogP contribution in [0.3, 0.4) is 0 Å². The molecule has 0 spiro atoms. The van der Waals surface area contributed by atoms with Crippen LogP contribution in [0, 0.1) is 0 Å². The number of benzene rings is 1. The Hall–Kier alpha value is -2.20. The molecule has 1 aromatic carbocycles. The Morgan fingerprint density at radius 1 is 1.19 bits per heavy atom. The summed E-state index contributed by atoms with van der Waals surface area (Å²) >= 11 is 0. The third-order valence-corrected chi connectivity index (χ3v) is 3.27. The van der Waals surface area contributed by atoms with Gasteiger partial charge in [0.25, 0.3) is 5.91 Å². The van der Waals surface area contributed by atoms with Gasteiger partial charge >= 0.3 is 0 Å². The number of aromatic nitrogens is 1. The van der Waals surface area contributed by atoms with Gasteiger partial charge in [-0.1, -0.05) is 31.2 Å². The average Bonchev–Trinajstić information content (AvgIpc) is 2.54. The van der Waals surface area contributed by atoms with Crippen LogP contribution in [0.15, 0.2) is 48.7 Å². The van der Waals surface area contributed by atoms with E-state index in [0.29, 0.717) is 5.69 Å². The molecule has 2 N–H and O–H groups in total. The lowest BCUT2D eigenvalue weighted by atomic mass is 10.1. The van der Waals surface area contributed by atoms with Crippen LogP contribution in [0.5, 0.6) is 0 Å². The Labute approximate surface area is 125 Å². The second kappa shape index (κ2) is 7.55. The van der Waals surface area contributed by atoms with Crippen LogP contribution < -0.4 is 10.6 Å². The molecule has 2 aromatic rings. The molecule has 1 aromatic heterocycles. The van der Waals surface area contributed by atoms with Crippen LogP contribution in [0.1, 0.15) is 42.4 Å². The summed E-state index contributed by atoms with van der Waals surface area (Å²) in [6.45, 7) is 5.18. The second-order valence-corrected chi connectivity index (χ2v) is 4.93. The largest absolute Gasteiger partial charge is 0.320 e. The monoisotopic (exact) mass is 283 g/mol. The van der Waals surface area contributed by atoms with Crippen LogP contribution >= 0.6 is 0 Å². The molecule has 0 aliphatic heterocycles. The first-order valence-corrected chi connectivity index (χ1v) is 7.27. The van der Waals surface area contributed by atoms with Crippen molar-refractivity contribution in [2.75, 3.05) is 11.9 Å². The number of hydrogen-bond donors (Lipinski definition) is 2. The molecule has 1 amide bonds. The van der Waals surface area contributed by atoms with E-state index in [9.17, 15) is 4.79 Å². The van der Waals surface area contributed by atoms with E-state index >= 15 is 0 Å². The zero-order valence-corrected chi connectivity index (χ0v) is 12.5. The number of hydrogen-bond acceptors (Lipinski definition) is 3. The van der Waals surface area contributed by atoms with E-state index in [2.05, 4.69) is 29.5 Å². The summed E-state index contributed by atoms with van der Waals surface area (Å²) in [5.74, 6) is -0.189. The fourth-order valence-electron chi connectivity index (χ4n) is 2.14. The number of nitrogens with one attached hydrogen (secondary N) is 2. The minimum Gasteiger partial charge on any atom is -0.320 e. The lowest BCUT2D eigenvalue weighted by Gasteiger charge is -2.18. The van der Waals surface area contributed by atoms with Crippen molar-refractivity contribution < 1.29 is 4.79 Å². The van der Waals surface area contributed by atoms with E-state index in [-0.39, 0.29) is 11.9 Å². The topological polar surface area (TPSA) is 54.0 Å². The molecular formula is C17H21N3O. The normalized spacial score (nSPS) is 11.9. The van der Waals surface area contributed by atoms with E-state index in [1.807, 2.05) is 24.3 Å². The van der Waals surface area contributed by atoms with Gasteiger partial charge in [-0.25, -0.2) is 0 Å². The lowest BCUT2D eigenvalue weighted by molar-refractivity contribution is 0.102. The Balaban J connectivity index is 2.15. The maximum atomic E-state index is 12.2. The maximum absolute atomic E-state index is 12.2. The molecule has 4 nitrogen and oxygen atoms in total. The second-order valence-electron chi connectivity index (χ2n) is 4.93. The molecule has 1 heterocycles.